The van der Waals surface area contributed by atoms with Crippen molar-refractivity contribution >= 4 is 11.3 Å². The summed E-state index contributed by atoms with van der Waals surface area (Å²) in [5, 5.41) is 14.5. The minimum atomic E-state index is 0.0832. The van der Waals surface area contributed by atoms with Gasteiger partial charge in [-0.2, -0.15) is 0 Å². The first kappa shape index (κ1) is 14.0. The van der Waals surface area contributed by atoms with Gasteiger partial charge in [0.15, 0.2) is 0 Å². The van der Waals surface area contributed by atoms with Gasteiger partial charge in [0.25, 0.3) is 0 Å². The molecule has 3 nitrogen and oxygen atoms in total. The summed E-state index contributed by atoms with van der Waals surface area (Å²) in [5.41, 5.74) is 1.99. The number of benzene rings is 1. The van der Waals surface area contributed by atoms with Crippen LogP contribution < -0.4 is 5.32 Å². The Morgan fingerprint density at radius 3 is 2.53 bits per heavy atom. The van der Waals surface area contributed by atoms with Crippen LogP contribution in [0.15, 0.2) is 24.4 Å². The Morgan fingerprint density at radius 2 is 1.95 bits per heavy atom. The molecule has 4 heteroatoms. The lowest BCUT2D eigenvalue weighted by atomic mass is 10.0. The van der Waals surface area contributed by atoms with Gasteiger partial charge in [-0.3, -0.25) is 0 Å². The first-order valence-electron chi connectivity index (χ1n) is 6.45. The number of aryl methyl sites for hydroxylation is 2. The van der Waals surface area contributed by atoms with E-state index in [0.29, 0.717) is 5.75 Å². The average Bonchev–Trinajstić information content (AvgIpc) is 2.75. The Bertz CT molecular complexity index is 565. The molecule has 0 saturated carbocycles. The molecule has 0 saturated heterocycles. The van der Waals surface area contributed by atoms with Gasteiger partial charge in [0.2, 0.25) is 0 Å². The standard InChI is InChI=1S/C15H20N2OS/c1-9-5-6-13(14(18)7-9)11(3)17-12(4)15-16-8-10(2)19-15/h5-8,11-12,17-18H,1-4H3. The first-order valence-corrected chi connectivity index (χ1v) is 7.27. The van der Waals surface area contributed by atoms with Crippen molar-refractivity contribution in [3.63, 3.8) is 0 Å². The molecule has 0 aliphatic rings. The van der Waals surface area contributed by atoms with E-state index in [1.54, 1.807) is 17.4 Å². The lowest BCUT2D eigenvalue weighted by molar-refractivity contribution is 0.438. The number of phenolic OH excluding ortho intramolecular Hbond substituents is 1. The van der Waals surface area contributed by atoms with E-state index in [2.05, 4.69) is 31.1 Å². The minimum absolute atomic E-state index is 0.0832. The van der Waals surface area contributed by atoms with Crippen LogP contribution in [0.5, 0.6) is 5.75 Å². The maximum atomic E-state index is 10.00. The first-order chi connectivity index (χ1) is 8.97. The van der Waals surface area contributed by atoms with Crippen LogP contribution in [0.3, 0.4) is 0 Å². The fourth-order valence-corrected chi connectivity index (χ4v) is 2.91. The van der Waals surface area contributed by atoms with Gasteiger partial charge in [0, 0.05) is 22.7 Å². The van der Waals surface area contributed by atoms with E-state index >= 15 is 0 Å². The molecular formula is C15H20N2OS. The predicted octanol–water partition coefficient (Wildman–Crippen LogP) is 3.88. The Kier molecular flexibility index (Phi) is 4.22. The van der Waals surface area contributed by atoms with Crippen LogP contribution in [-0.4, -0.2) is 10.1 Å². The summed E-state index contributed by atoms with van der Waals surface area (Å²) in [5.74, 6) is 0.350. The number of aromatic hydroxyl groups is 1. The molecule has 2 N–H and O–H groups in total. The molecule has 0 aliphatic carbocycles. The zero-order chi connectivity index (χ0) is 14.0. The van der Waals surface area contributed by atoms with Gasteiger partial charge in [-0.1, -0.05) is 12.1 Å². The van der Waals surface area contributed by atoms with Crippen molar-refractivity contribution in [2.75, 3.05) is 0 Å². The number of phenols is 1. The van der Waals surface area contributed by atoms with Crippen molar-refractivity contribution in [1.29, 1.82) is 0 Å². The molecule has 2 rings (SSSR count). The average molecular weight is 276 g/mol. The highest BCUT2D eigenvalue weighted by Crippen LogP contribution is 2.28. The van der Waals surface area contributed by atoms with Crippen LogP contribution in [-0.2, 0) is 0 Å². The molecule has 2 unspecified atom stereocenters. The molecule has 1 aromatic carbocycles. The molecule has 19 heavy (non-hydrogen) atoms. The predicted molar refractivity (Wildman–Crippen MR) is 79.7 cm³/mol. The second kappa shape index (κ2) is 5.72. The van der Waals surface area contributed by atoms with Gasteiger partial charge in [-0.25, -0.2) is 4.98 Å². The number of hydrogen-bond donors (Lipinski definition) is 2. The Morgan fingerprint density at radius 1 is 1.21 bits per heavy atom. The summed E-state index contributed by atoms with van der Waals surface area (Å²) < 4.78 is 0. The Hall–Kier alpha value is -1.39. The molecule has 2 aromatic rings. The van der Waals surface area contributed by atoms with E-state index in [4.69, 9.17) is 0 Å². The van der Waals surface area contributed by atoms with Gasteiger partial charge in [-0.15, -0.1) is 11.3 Å². The van der Waals surface area contributed by atoms with Crippen LogP contribution in [0.1, 0.15) is 46.9 Å². The smallest absolute Gasteiger partial charge is 0.120 e. The molecule has 2 atom stereocenters. The Labute approximate surface area is 118 Å². The van der Waals surface area contributed by atoms with Gasteiger partial charge < -0.3 is 10.4 Å². The van der Waals surface area contributed by atoms with Gasteiger partial charge in [0.05, 0.1) is 6.04 Å². The molecule has 0 bridgehead atoms. The van der Waals surface area contributed by atoms with E-state index in [1.165, 1.54) is 4.88 Å². The lowest BCUT2D eigenvalue weighted by Gasteiger charge is -2.20. The second-order valence-electron chi connectivity index (χ2n) is 4.98. The van der Waals surface area contributed by atoms with Crippen LogP contribution in [0.2, 0.25) is 0 Å². The number of hydrogen-bond acceptors (Lipinski definition) is 4. The van der Waals surface area contributed by atoms with Crippen molar-refractivity contribution in [2.24, 2.45) is 0 Å². The molecule has 0 fully saturated rings. The Balaban J connectivity index is 2.10. The summed E-state index contributed by atoms with van der Waals surface area (Å²) in [6.07, 6.45) is 1.90. The summed E-state index contributed by atoms with van der Waals surface area (Å²) in [6.45, 7) is 8.19. The van der Waals surface area contributed by atoms with E-state index in [1.807, 2.05) is 25.3 Å². The monoisotopic (exact) mass is 276 g/mol. The quantitative estimate of drug-likeness (QED) is 0.891. The van der Waals surface area contributed by atoms with E-state index in [9.17, 15) is 5.11 Å². The SMILES string of the molecule is Cc1ccc(C(C)NC(C)c2ncc(C)s2)c(O)c1. The number of rotatable bonds is 4. The summed E-state index contributed by atoms with van der Waals surface area (Å²) in [7, 11) is 0. The van der Waals surface area contributed by atoms with Crippen LogP contribution in [0.25, 0.3) is 0 Å². The molecule has 0 spiro atoms. The fourth-order valence-electron chi connectivity index (χ4n) is 2.13. The minimum Gasteiger partial charge on any atom is -0.508 e. The molecule has 1 aromatic heterocycles. The summed E-state index contributed by atoms with van der Waals surface area (Å²) in [6, 6.07) is 6.05. The third-order valence-electron chi connectivity index (χ3n) is 3.16. The van der Waals surface area contributed by atoms with E-state index < -0.39 is 0 Å². The van der Waals surface area contributed by atoms with Crippen molar-refractivity contribution in [3.8, 4) is 5.75 Å². The van der Waals surface area contributed by atoms with Crippen LogP contribution in [0.4, 0.5) is 0 Å². The van der Waals surface area contributed by atoms with Crippen molar-refractivity contribution in [3.05, 3.63) is 45.4 Å². The third kappa shape index (κ3) is 3.33. The zero-order valence-electron chi connectivity index (χ0n) is 11.8. The molecular weight excluding hydrogens is 256 g/mol. The number of thiazole rings is 1. The molecule has 0 amide bonds. The highest BCUT2D eigenvalue weighted by atomic mass is 32.1. The van der Waals surface area contributed by atoms with Crippen LogP contribution >= 0.6 is 11.3 Å². The summed E-state index contributed by atoms with van der Waals surface area (Å²) >= 11 is 1.70. The second-order valence-corrected chi connectivity index (χ2v) is 6.25. The van der Waals surface area contributed by atoms with E-state index in [-0.39, 0.29) is 12.1 Å². The molecule has 0 aliphatic heterocycles. The van der Waals surface area contributed by atoms with Crippen molar-refractivity contribution in [1.82, 2.24) is 10.3 Å². The van der Waals surface area contributed by atoms with Crippen molar-refractivity contribution < 1.29 is 5.11 Å². The topological polar surface area (TPSA) is 45.2 Å². The lowest BCUT2D eigenvalue weighted by Crippen LogP contribution is -2.22. The highest BCUT2D eigenvalue weighted by Gasteiger charge is 2.16. The zero-order valence-corrected chi connectivity index (χ0v) is 12.6. The fraction of sp³-hybridized carbons (Fsp3) is 0.400. The van der Waals surface area contributed by atoms with Gasteiger partial charge >= 0.3 is 0 Å². The highest BCUT2D eigenvalue weighted by molar-refractivity contribution is 7.11. The molecule has 102 valence electrons. The maximum absolute atomic E-state index is 10.00. The number of aromatic nitrogens is 1. The normalized spacial score (nSPS) is 14.3. The maximum Gasteiger partial charge on any atom is 0.120 e. The third-order valence-corrected chi connectivity index (χ3v) is 4.26. The largest absolute Gasteiger partial charge is 0.508 e. The molecule has 0 radical (unpaired) electrons. The van der Waals surface area contributed by atoms with Gasteiger partial charge in [-0.05, 0) is 39.3 Å². The van der Waals surface area contributed by atoms with Crippen LogP contribution in [0, 0.1) is 13.8 Å². The number of nitrogens with one attached hydrogen (secondary N) is 1. The number of nitrogens with zero attached hydrogens (tertiary/aromatic N) is 1. The van der Waals surface area contributed by atoms with Crippen molar-refractivity contribution in [2.45, 2.75) is 39.8 Å². The summed E-state index contributed by atoms with van der Waals surface area (Å²) in [4.78, 5) is 5.61. The molecule has 1 heterocycles. The van der Waals surface area contributed by atoms with E-state index in [0.717, 1.165) is 16.1 Å². The van der Waals surface area contributed by atoms with Gasteiger partial charge in [0.1, 0.15) is 10.8 Å².